The van der Waals surface area contributed by atoms with Crippen LogP contribution in [0.25, 0.3) is 0 Å². The molecular weight excluding hydrogens is 577 g/mol. The molecule has 2 aliphatic rings. The normalized spacial score (nSPS) is 18.9. The molecule has 232 valence electrons. The zero-order valence-electron chi connectivity index (χ0n) is 25.2. The smallest absolute Gasteiger partial charge is 0.369 e. The number of nitrogens with one attached hydrogen (secondary N) is 1. The van der Waals surface area contributed by atoms with Gasteiger partial charge in [0.1, 0.15) is 0 Å². The minimum Gasteiger partial charge on any atom is -0.369 e. The van der Waals surface area contributed by atoms with Crippen molar-refractivity contribution >= 4 is 23.2 Å². The molecule has 4 aromatic carbocycles. The number of nitrogens with zero attached hydrogens (tertiary/aromatic N) is 3. The van der Waals surface area contributed by atoms with Gasteiger partial charge in [0.05, 0.1) is 17.5 Å². The van der Waals surface area contributed by atoms with E-state index in [4.69, 9.17) is 0 Å². The van der Waals surface area contributed by atoms with Crippen molar-refractivity contribution < 1.29 is 22.8 Å². The Hall–Kier alpha value is -4.63. The van der Waals surface area contributed by atoms with Crippen LogP contribution in [0.15, 0.2) is 97.1 Å². The number of benzene rings is 4. The second-order valence-corrected chi connectivity index (χ2v) is 11.9. The summed E-state index contributed by atoms with van der Waals surface area (Å²) in [4.78, 5) is 34.5. The molecule has 1 fully saturated rings. The van der Waals surface area contributed by atoms with Crippen LogP contribution in [0.1, 0.15) is 50.1 Å². The predicted octanol–water partition coefficient (Wildman–Crippen LogP) is 6.89. The number of likely N-dealkylation sites (N-methyl/N-ethyl adjacent to an activating group) is 1. The summed E-state index contributed by atoms with van der Waals surface area (Å²) < 4.78 is 40.5. The monoisotopic (exact) mass is 612 g/mol. The van der Waals surface area contributed by atoms with Crippen molar-refractivity contribution in [1.29, 1.82) is 0 Å². The molecule has 0 bridgehead atoms. The van der Waals surface area contributed by atoms with Crippen LogP contribution >= 0.6 is 0 Å². The molecule has 2 heterocycles. The average Bonchev–Trinajstić information content (AvgIpc) is 3.03. The van der Waals surface area contributed by atoms with Gasteiger partial charge >= 0.3 is 6.18 Å². The fourth-order valence-electron chi connectivity index (χ4n) is 6.22. The number of hydrogen-bond donors (Lipinski definition) is 1. The van der Waals surface area contributed by atoms with E-state index in [-0.39, 0.29) is 18.4 Å². The highest BCUT2D eigenvalue weighted by Crippen LogP contribution is 2.44. The third kappa shape index (κ3) is 6.44. The van der Waals surface area contributed by atoms with Crippen molar-refractivity contribution in [3.8, 4) is 0 Å². The maximum Gasteiger partial charge on any atom is 0.416 e. The largest absolute Gasteiger partial charge is 0.416 e. The predicted molar refractivity (Wildman–Crippen MR) is 169 cm³/mol. The molecule has 2 amide bonds. The molecule has 6 nitrogen and oxygen atoms in total. The Balaban J connectivity index is 1.37. The Labute approximate surface area is 261 Å². The van der Waals surface area contributed by atoms with Gasteiger partial charge in [-0.25, -0.2) is 0 Å². The Morgan fingerprint density at radius 2 is 1.49 bits per heavy atom. The Bertz CT molecular complexity index is 1660. The molecule has 0 unspecified atom stereocenters. The number of rotatable bonds is 6. The highest BCUT2D eigenvalue weighted by Gasteiger charge is 2.44. The first kappa shape index (κ1) is 30.4. The molecule has 1 N–H and O–H groups in total. The number of anilines is 2. The summed E-state index contributed by atoms with van der Waals surface area (Å²) in [5, 5.41) is 3.05. The van der Waals surface area contributed by atoms with Crippen LogP contribution in [-0.2, 0) is 17.5 Å². The van der Waals surface area contributed by atoms with Crippen LogP contribution in [0.3, 0.4) is 0 Å². The first-order valence-corrected chi connectivity index (χ1v) is 15.1. The quantitative estimate of drug-likeness (QED) is 0.258. The number of alkyl halides is 3. The van der Waals surface area contributed by atoms with Crippen LogP contribution in [0.5, 0.6) is 0 Å². The standard InChI is InChI=1S/C36H35F3N4O2/c1-24-7-9-25(10-8-24)23-43-33(26-11-13-27(14-12-26)36(37,38)39)32(30-5-3-4-6-31(30)35(43)45)34(44)40-28-15-17-29(18-16-28)42-21-19-41(2)20-22-42/h3-18,32-33H,19-23H2,1-2H3,(H,40,44)/t32-,33+/m1/s1. The van der Waals surface area contributed by atoms with Gasteiger partial charge in [0.25, 0.3) is 5.91 Å². The topological polar surface area (TPSA) is 55.9 Å². The number of fused-ring (bicyclic) bond motifs is 1. The molecule has 6 rings (SSSR count). The van der Waals surface area contributed by atoms with Crippen molar-refractivity contribution in [1.82, 2.24) is 9.80 Å². The highest BCUT2D eigenvalue weighted by atomic mass is 19.4. The van der Waals surface area contributed by atoms with Crippen LogP contribution in [0.4, 0.5) is 24.5 Å². The van der Waals surface area contributed by atoms with Gasteiger partial charge in [-0.1, -0.05) is 60.2 Å². The third-order valence-electron chi connectivity index (χ3n) is 8.78. The van der Waals surface area contributed by atoms with Crippen LogP contribution in [-0.4, -0.2) is 54.8 Å². The molecule has 0 aliphatic carbocycles. The summed E-state index contributed by atoms with van der Waals surface area (Å²) in [5.74, 6) is -1.50. The van der Waals surface area contributed by atoms with E-state index in [1.54, 1.807) is 29.2 Å². The van der Waals surface area contributed by atoms with Crippen molar-refractivity contribution in [3.63, 3.8) is 0 Å². The molecule has 2 aliphatic heterocycles. The van der Waals surface area contributed by atoms with Gasteiger partial charge < -0.3 is 20.0 Å². The van der Waals surface area contributed by atoms with Crippen LogP contribution in [0, 0.1) is 6.92 Å². The molecule has 0 radical (unpaired) electrons. The SMILES string of the molecule is Cc1ccc(CN2C(=O)c3ccccc3[C@@H](C(=O)Nc3ccc(N4CCN(C)CC4)cc3)[C@@H]2c2ccc(C(F)(F)F)cc2)cc1. The minimum atomic E-state index is -4.51. The number of piperazine rings is 1. The van der Waals surface area contributed by atoms with E-state index >= 15 is 0 Å². The van der Waals surface area contributed by atoms with Gasteiger partial charge in [-0.3, -0.25) is 9.59 Å². The van der Waals surface area contributed by atoms with E-state index in [1.165, 1.54) is 12.1 Å². The Morgan fingerprint density at radius 3 is 2.13 bits per heavy atom. The Morgan fingerprint density at radius 1 is 0.844 bits per heavy atom. The average molecular weight is 613 g/mol. The zero-order chi connectivity index (χ0) is 31.7. The lowest BCUT2D eigenvalue weighted by Crippen LogP contribution is -2.45. The second-order valence-electron chi connectivity index (χ2n) is 11.9. The summed E-state index contributed by atoms with van der Waals surface area (Å²) in [7, 11) is 2.10. The molecule has 4 aromatic rings. The molecule has 9 heteroatoms. The van der Waals surface area contributed by atoms with E-state index in [0.717, 1.165) is 55.1 Å². The van der Waals surface area contributed by atoms with Gasteiger partial charge in [-0.15, -0.1) is 0 Å². The lowest BCUT2D eigenvalue weighted by Gasteiger charge is -2.42. The molecule has 0 aromatic heterocycles. The van der Waals surface area contributed by atoms with Crippen molar-refractivity contribution in [2.45, 2.75) is 31.6 Å². The van der Waals surface area contributed by atoms with E-state index in [9.17, 15) is 22.8 Å². The number of hydrogen-bond acceptors (Lipinski definition) is 4. The fourth-order valence-corrected chi connectivity index (χ4v) is 6.22. The fraction of sp³-hybridized carbons (Fsp3) is 0.278. The van der Waals surface area contributed by atoms with E-state index in [1.807, 2.05) is 55.5 Å². The number of carbonyl (C=O) groups is 2. The molecule has 1 saturated heterocycles. The highest BCUT2D eigenvalue weighted by molar-refractivity contribution is 6.04. The van der Waals surface area contributed by atoms with E-state index in [0.29, 0.717) is 22.4 Å². The minimum absolute atomic E-state index is 0.183. The lowest BCUT2D eigenvalue weighted by atomic mass is 9.78. The van der Waals surface area contributed by atoms with Crippen molar-refractivity contribution in [3.05, 3.63) is 130 Å². The number of aryl methyl sites for hydroxylation is 1. The maximum atomic E-state index is 14.3. The number of amides is 2. The molecule has 0 spiro atoms. The second kappa shape index (κ2) is 12.4. The number of carbonyl (C=O) groups excluding carboxylic acids is 2. The summed E-state index contributed by atoms with van der Waals surface area (Å²) in [6, 6.07) is 26.3. The number of halogens is 3. The molecule has 45 heavy (non-hydrogen) atoms. The summed E-state index contributed by atoms with van der Waals surface area (Å²) in [6.45, 7) is 5.94. The molecule has 0 saturated carbocycles. The third-order valence-corrected chi connectivity index (χ3v) is 8.78. The van der Waals surface area contributed by atoms with Crippen LogP contribution in [0.2, 0.25) is 0 Å². The summed E-state index contributed by atoms with van der Waals surface area (Å²) >= 11 is 0. The molecule has 2 atom stereocenters. The summed E-state index contributed by atoms with van der Waals surface area (Å²) in [6.07, 6.45) is -4.51. The van der Waals surface area contributed by atoms with Gasteiger partial charge in [-0.05, 0) is 73.1 Å². The lowest BCUT2D eigenvalue weighted by molar-refractivity contribution is -0.137. The van der Waals surface area contributed by atoms with E-state index in [2.05, 4.69) is 22.2 Å². The zero-order valence-corrected chi connectivity index (χ0v) is 25.2. The maximum absolute atomic E-state index is 14.3. The van der Waals surface area contributed by atoms with Crippen LogP contribution < -0.4 is 10.2 Å². The van der Waals surface area contributed by atoms with Gasteiger partial charge in [0.15, 0.2) is 0 Å². The van der Waals surface area contributed by atoms with Gasteiger partial charge in [-0.2, -0.15) is 13.2 Å². The molecular formula is C36H35F3N4O2. The van der Waals surface area contributed by atoms with Gasteiger partial charge in [0, 0.05) is 49.7 Å². The van der Waals surface area contributed by atoms with E-state index < -0.39 is 23.7 Å². The Kier molecular flexibility index (Phi) is 8.38. The van der Waals surface area contributed by atoms with Crippen molar-refractivity contribution in [2.24, 2.45) is 0 Å². The first-order valence-electron chi connectivity index (χ1n) is 15.1. The van der Waals surface area contributed by atoms with Crippen molar-refractivity contribution in [2.75, 3.05) is 43.4 Å². The summed E-state index contributed by atoms with van der Waals surface area (Å²) in [5.41, 5.74) is 4.18. The first-order chi connectivity index (χ1) is 21.6. The van der Waals surface area contributed by atoms with Gasteiger partial charge in [0.2, 0.25) is 5.91 Å².